The summed E-state index contributed by atoms with van der Waals surface area (Å²) >= 11 is 0. The molecule has 0 spiro atoms. The van der Waals surface area contributed by atoms with Crippen LogP contribution >= 0.6 is 0 Å². The van der Waals surface area contributed by atoms with Crippen molar-refractivity contribution in [2.75, 3.05) is 27.2 Å². The normalized spacial score (nSPS) is 28.0. The minimum atomic E-state index is -6.84. The predicted octanol–water partition coefficient (Wildman–Crippen LogP) is 10.2. The van der Waals surface area contributed by atoms with E-state index in [9.17, 15) is 44.3 Å². The number of rotatable bonds is 16. The number of halogens is 10. The maximum Gasteiger partial charge on any atom is 0.460 e. The monoisotopic (exact) mass is 703 g/mol. The van der Waals surface area contributed by atoms with Gasteiger partial charge in [-0.25, -0.2) is 4.39 Å². The van der Waals surface area contributed by atoms with Crippen LogP contribution in [0.3, 0.4) is 0 Å². The van der Waals surface area contributed by atoms with Gasteiger partial charge in [0.1, 0.15) is 17.7 Å². The first-order valence-electron chi connectivity index (χ1n) is 17.0. The van der Waals surface area contributed by atoms with Gasteiger partial charge in [-0.15, -0.1) is 0 Å². The summed E-state index contributed by atoms with van der Waals surface area (Å²) < 4.78 is 138. The Morgan fingerprint density at radius 2 is 1.52 bits per heavy atom. The van der Waals surface area contributed by atoms with Gasteiger partial charge in [0.05, 0.1) is 7.11 Å². The van der Waals surface area contributed by atoms with Crippen molar-refractivity contribution in [1.82, 2.24) is 4.90 Å². The van der Waals surface area contributed by atoms with E-state index in [2.05, 4.69) is 0 Å². The lowest BCUT2D eigenvalue weighted by Gasteiger charge is -2.53. The lowest BCUT2D eigenvalue weighted by atomic mass is 9.51. The van der Waals surface area contributed by atoms with Crippen LogP contribution in [0.2, 0.25) is 0 Å². The number of benzene rings is 1. The maximum absolute atomic E-state index is 16.0. The van der Waals surface area contributed by atoms with E-state index in [1.807, 2.05) is 37.1 Å². The lowest BCUT2D eigenvalue weighted by molar-refractivity contribution is -0.396. The highest BCUT2D eigenvalue weighted by molar-refractivity contribution is 5.87. The molecule has 0 bridgehead atoms. The molecule has 0 N–H and O–H groups in total. The van der Waals surface area contributed by atoms with Gasteiger partial charge in [-0.3, -0.25) is 4.79 Å². The smallest absolute Gasteiger partial charge is 0.460 e. The first kappa shape index (κ1) is 38.7. The average molecular weight is 704 g/mol. The van der Waals surface area contributed by atoms with E-state index in [4.69, 9.17) is 4.74 Å². The Kier molecular flexibility index (Phi) is 11.8. The van der Waals surface area contributed by atoms with Crippen LogP contribution in [-0.2, 0) is 11.2 Å². The molecule has 0 heterocycles. The fraction of sp³-hybridized carbons (Fsp3) is 0.800. The zero-order chi connectivity index (χ0) is 35.7. The van der Waals surface area contributed by atoms with Crippen molar-refractivity contribution in [3.63, 3.8) is 0 Å². The third kappa shape index (κ3) is 7.50. The molecule has 4 rings (SSSR count). The van der Waals surface area contributed by atoms with Gasteiger partial charge in [0, 0.05) is 24.2 Å². The summed E-state index contributed by atoms with van der Waals surface area (Å²) in [6.07, 6.45) is -3.38. The van der Waals surface area contributed by atoms with Crippen molar-refractivity contribution < 1.29 is 53.4 Å². The van der Waals surface area contributed by atoms with Crippen molar-refractivity contribution >= 4 is 5.78 Å². The Bertz CT molecular complexity index is 1250. The van der Waals surface area contributed by atoms with Crippen molar-refractivity contribution in [3.05, 3.63) is 29.3 Å². The number of Topliss-reactive ketones (excluding diaryl/α,β-unsaturated/α-hetero) is 1. The zero-order valence-corrected chi connectivity index (χ0v) is 27.8. The number of ether oxygens (including phenoxy) is 1. The molecule has 2 fully saturated rings. The molecule has 0 aromatic heterocycles. The molecule has 6 atom stereocenters. The fourth-order valence-electron chi connectivity index (χ4n) is 8.68. The minimum Gasteiger partial charge on any atom is -0.497 e. The molecule has 0 amide bonds. The zero-order valence-electron chi connectivity index (χ0n) is 27.8. The highest BCUT2D eigenvalue weighted by Gasteiger charge is 2.81. The van der Waals surface area contributed by atoms with Gasteiger partial charge in [0.25, 0.3) is 0 Å². The topological polar surface area (TPSA) is 29.5 Å². The molecule has 0 saturated heterocycles. The lowest BCUT2D eigenvalue weighted by Crippen LogP contribution is -2.60. The number of unbranched alkanes of at least 4 members (excludes halogenated alkanes) is 5. The molecule has 1 aromatic carbocycles. The predicted molar refractivity (Wildman–Crippen MR) is 162 cm³/mol. The average Bonchev–Trinajstić information content (AvgIpc) is 3.30. The van der Waals surface area contributed by atoms with E-state index < -0.39 is 48.4 Å². The van der Waals surface area contributed by atoms with Crippen LogP contribution in [-0.4, -0.2) is 68.0 Å². The first-order chi connectivity index (χ1) is 22.3. The summed E-state index contributed by atoms with van der Waals surface area (Å²) in [5.41, 5.74) is 1.55. The summed E-state index contributed by atoms with van der Waals surface area (Å²) in [4.78, 5) is 14.9. The Hall–Kier alpha value is -2.05. The van der Waals surface area contributed by atoms with E-state index in [0.717, 1.165) is 61.9 Å². The van der Waals surface area contributed by atoms with Crippen LogP contribution in [0.1, 0.15) is 101 Å². The SMILES string of the molecule is COc1ccc2c(c1)C[C@@H](CCCCCN(C)CCCCCCC(F)(F)C(F)(F)C(F)(F)C(F)(F)F)[C@@H]1[C@@H]2[C@@H](F)C[C@]2(C)C(=O)CC[C@@H]12. The Labute approximate surface area is 276 Å². The Balaban J connectivity index is 1.20. The van der Waals surface area contributed by atoms with Gasteiger partial charge in [0.15, 0.2) is 0 Å². The second-order valence-corrected chi connectivity index (χ2v) is 14.5. The third-order valence-corrected chi connectivity index (χ3v) is 11.4. The number of fused-ring (bicyclic) bond motifs is 5. The van der Waals surface area contributed by atoms with Gasteiger partial charge in [-0.1, -0.05) is 38.7 Å². The second-order valence-electron chi connectivity index (χ2n) is 14.5. The van der Waals surface area contributed by atoms with E-state index >= 15 is 4.39 Å². The van der Waals surface area contributed by atoms with Gasteiger partial charge in [-0.2, -0.15) is 39.5 Å². The summed E-state index contributed by atoms with van der Waals surface area (Å²) in [7, 11) is 3.49. The molecular weight excluding hydrogens is 656 g/mol. The number of ketones is 1. The fourth-order valence-corrected chi connectivity index (χ4v) is 8.68. The molecule has 274 valence electrons. The molecule has 2 saturated carbocycles. The second kappa shape index (κ2) is 14.7. The van der Waals surface area contributed by atoms with Crippen LogP contribution in [0.15, 0.2) is 18.2 Å². The molecule has 0 unspecified atom stereocenters. The number of nitrogens with zero attached hydrogens (tertiary/aromatic N) is 1. The van der Waals surface area contributed by atoms with Crippen LogP contribution < -0.4 is 4.74 Å². The number of carbonyl (C=O) groups is 1. The molecule has 3 aliphatic rings. The quantitative estimate of drug-likeness (QED) is 0.127. The number of carbonyl (C=O) groups excluding carboxylic acids is 1. The van der Waals surface area contributed by atoms with Gasteiger partial charge in [-0.05, 0) is 106 Å². The summed E-state index contributed by atoms with van der Waals surface area (Å²) in [6, 6.07) is 5.90. The maximum atomic E-state index is 16.0. The molecular formula is C35H47F10NO2. The van der Waals surface area contributed by atoms with Gasteiger partial charge in [0.2, 0.25) is 0 Å². The summed E-state index contributed by atoms with van der Waals surface area (Å²) in [6.45, 7) is 3.28. The summed E-state index contributed by atoms with van der Waals surface area (Å²) in [5, 5.41) is 0. The molecule has 3 aliphatic carbocycles. The van der Waals surface area contributed by atoms with Gasteiger partial charge >= 0.3 is 23.9 Å². The van der Waals surface area contributed by atoms with Crippen LogP contribution in [0.4, 0.5) is 43.9 Å². The molecule has 13 heteroatoms. The highest BCUT2D eigenvalue weighted by atomic mass is 19.4. The number of methoxy groups -OCH3 is 1. The van der Waals surface area contributed by atoms with Crippen LogP contribution in [0.5, 0.6) is 5.75 Å². The highest BCUT2D eigenvalue weighted by Crippen LogP contribution is 2.62. The van der Waals surface area contributed by atoms with Crippen molar-refractivity contribution in [3.8, 4) is 5.75 Å². The Morgan fingerprint density at radius 3 is 2.15 bits per heavy atom. The number of alkyl halides is 10. The Morgan fingerprint density at radius 1 is 0.896 bits per heavy atom. The minimum absolute atomic E-state index is 0.0129. The van der Waals surface area contributed by atoms with E-state index in [-0.39, 0.29) is 42.3 Å². The van der Waals surface area contributed by atoms with E-state index in [1.165, 1.54) is 0 Å². The van der Waals surface area contributed by atoms with Crippen LogP contribution in [0.25, 0.3) is 0 Å². The largest absolute Gasteiger partial charge is 0.497 e. The molecule has 0 radical (unpaired) electrons. The van der Waals surface area contributed by atoms with E-state index in [0.29, 0.717) is 25.8 Å². The summed E-state index contributed by atoms with van der Waals surface area (Å²) in [5.74, 6) is -17.7. The standard InChI is InChI=1S/C35H47F10NO2/c1-31-21-27(36)30-25-13-12-24(48-3)20-23(25)19-22(29(30)26(31)14-15-28(31)47)11-7-6-10-18-46(2)17-9-5-4-8-16-32(37,38)33(39,40)34(41,42)35(43,44)45/h12-13,20,22,26-27,29-30H,4-11,14-19,21H2,1-3H3/t22-,26+,27+,29+,30+,31+/m1/s1. The molecule has 0 aliphatic heterocycles. The number of hydrogen-bond acceptors (Lipinski definition) is 3. The van der Waals surface area contributed by atoms with E-state index in [1.54, 1.807) is 7.11 Å². The van der Waals surface area contributed by atoms with Crippen LogP contribution in [0, 0.1) is 23.2 Å². The molecule has 1 aromatic rings. The van der Waals surface area contributed by atoms with Crippen molar-refractivity contribution in [1.29, 1.82) is 0 Å². The molecule has 3 nitrogen and oxygen atoms in total. The van der Waals surface area contributed by atoms with Crippen molar-refractivity contribution in [2.45, 2.75) is 126 Å². The first-order valence-corrected chi connectivity index (χ1v) is 17.0. The molecule has 48 heavy (non-hydrogen) atoms. The number of hydrogen-bond donors (Lipinski definition) is 0. The third-order valence-electron chi connectivity index (χ3n) is 11.4. The van der Waals surface area contributed by atoms with Gasteiger partial charge < -0.3 is 9.64 Å². The van der Waals surface area contributed by atoms with Crippen molar-refractivity contribution in [2.24, 2.45) is 23.2 Å².